The summed E-state index contributed by atoms with van der Waals surface area (Å²) in [5.41, 5.74) is 7.51. The van der Waals surface area contributed by atoms with E-state index in [-0.39, 0.29) is 31.0 Å². The first-order chi connectivity index (χ1) is 14.6. The lowest BCUT2D eigenvalue weighted by atomic mass is 10.0. The van der Waals surface area contributed by atoms with E-state index in [0.29, 0.717) is 5.56 Å². The molecular formula is C25H26N2O3. The van der Waals surface area contributed by atoms with E-state index in [1.54, 1.807) is 12.1 Å². The molecule has 0 saturated heterocycles. The van der Waals surface area contributed by atoms with Crippen molar-refractivity contribution >= 4 is 28.4 Å². The number of benzene rings is 3. The zero-order valence-corrected chi connectivity index (χ0v) is 17.1. The van der Waals surface area contributed by atoms with E-state index in [1.165, 1.54) is 5.56 Å². The van der Waals surface area contributed by atoms with Crippen LogP contribution in [-0.2, 0) is 22.4 Å². The van der Waals surface area contributed by atoms with E-state index in [4.69, 9.17) is 0 Å². The smallest absolute Gasteiger partial charge is 0.242 e. The summed E-state index contributed by atoms with van der Waals surface area (Å²) in [6, 6.07) is 21.1. The Hall–Kier alpha value is -3.47. The molecule has 0 aliphatic heterocycles. The number of fused-ring (bicyclic) bond motifs is 1. The Labute approximate surface area is 176 Å². The van der Waals surface area contributed by atoms with Gasteiger partial charge in [-0.25, -0.2) is 0 Å². The lowest BCUT2D eigenvalue weighted by Gasteiger charge is -2.09. The first-order valence-electron chi connectivity index (χ1n) is 10.2. The number of rotatable bonds is 8. The molecule has 5 nitrogen and oxygen atoms in total. The first kappa shape index (κ1) is 21.2. The predicted molar refractivity (Wildman–Crippen MR) is 118 cm³/mol. The molecule has 3 aromatic carbocycles. The Kier molecular flexibility index (Phi) is 7.33. The van der Waals surface area contributed by atoms with Crippen molar-refractivity contribution in [2.24, 2.45) is 0 Å². The molecule has 0 radical (unpaired) electrons. The topological polar surface area (TPSA) is 75.3 Å². The Balaban J connectivity index is 1.45. The summed E-state index contributed by atoms with van der Waals surface area (Å²) >= 11 is 0. The third-order valence-corrected chi connectivity index (χ3v) is 4.97. The Bertz CT molecular complexity index is 1040. The van der Waals surface area contributed by atoms with Crippen molar-refractivity contribution in [1.82, 2.24) is 10.9 Å². The van der Waals surface area contributed by atoms with Gasteiger partial charge in [-0.05, 0) is 28.3 Å². The molecule has 3 aromatic rings. The van der Waals surface area contributed by atoms with Crippen LogP contribution in [0.4, 0.5) is 0 Å². The van der Waals surface area contributed by atoms with Crippen LogP contribution in [0, 0.1) is 0 Å². The number of aryl methyl sites for hydroxylation is 1. The summed E-state index contributed by atoms with van der Waals surface area (Å²) in [5, 5.41) is 2.07. The van der Waals surface area contributed by atoms with Crippen LogP contribution in [0.5, 0.6) is 0 Å². The molecule has 0 atom stereocenters. The van der Waals surface area contributed by atoms with Gasteiger partial charge in [0.05, 0.1) is 6.42 Å². The van der Waals surface area contributed by atoms with Gasteiger partial charge in [-0.1, -0.05) is 80.1 Å². The van der Waals surface area contributed by atoms with E-state index >= 15 is 0 Å². The number of hydrogen-bond donors (Lipinski definition) is 2. The van der Waals surface area contributed by atoms with Crippen LogP contribution < -0.4 is 10.9 Å². The molecule has 0 aliphatic carbocycles. The van der Waals surface area contributed by atoms with Gasteiger partial charge >= 0.3 is 0 Å². The van der Waals surface area contributed by atoms with Crippen molar-refractivity contribution in [3.8, 4) is 0 Å². The van der Waals surface area contributed by atoms with Gasteiger partial charge in [-0.2, -0.15) is 0 Å². The number of hydrogen-bond acceptors (Lipinski definition) is 3. The fourth-order valence-electron chi connectivity index (χ4n) is 3.38. The molecule has 0 saturated carbocycles. The second kappa shape index (κ2) is 10.3. The quantitative estimate of drug-likeness (QED) is 0.439. The molecule has 0 heterocycles. The second-order valence-electron chi connectivity index (χ2n) is 7.28. The highest BCUT2D eigenvalue weighted by Crippen LogP contribution is 2.18. The molecule has 0 aliphatic rings. The van der Waals surface area contributed by atoms with Crippen LogP contribution in [-0.4, -0.2) is 17.6 Å². The first-order valence-corrected chi connectivity index (χ1v) is 10.2. The van der Waals surface area contributed by atoms with Gasteiger partial charge < -0.3 is 0 Å². The zero-order valence-electron chi connectivity index (χ0n) is 17.1. The molecule has 2 amide bonds. The third-order valence-electron chi connectivity index (χ3n) is 4.97. The van der Waals surface area contributed by atoms with Crippen molar-refractivity contribution in [3.63, 3.8) is 0 Å². The van der Waals surface area contributed by atoms with E-state index < -0.39 is 5.91 Å². The highest BCUT2D eigenvalue weighted by molar-refractivity contribution is 5.98. The SMILES string of the molecule is CCCc1ccc(C(=O)CCC(=O)NNC(=O)Cc2cccc3ccccc23)cc1. The number of carbonyl (C=O) groups excluding carboxylic acids is 3. The maximum absolute atomic E-state index is 12.3. The molecule has 0 spiro atoms. The molecule has 30 heavy (non-hydrogen) atoms. The molecule has 2 N–H and O–H groups in total. The van der Waals surface area contributed by atoms with Gasteiger partial charge in [0, 0.05) is 18.4 Å². The minimum absolute atomic E-state index is 0.0179. The van der Waals surface area contributed by atoms with Gasteiger partial charge in [0.25, 0.3) is 0 Å². The second-order valence-corrected chi connectivity index (χ2v) is 7.28. The summed E-state index contributed by atoms with van der Waals surface area (Å²) in [6.45, 7) is 2.11. The van der Waals surface area contributed by atoms with Crippen LogP contribution in [0.1, 0.15) is 47.7 Å². The van der Waals surface area contributed by atoms with E-state index in [1.807, 2.05) is 54.6 Å². The summed E-state index contributed by atoms with van der Waals surface area (Å²) in [6.07, 6.45) is 2.31. The van der Waals surface area contributed by atoms with Crippen molar-refractivity contribution < 1.29 is 14.4 Å². The summed E-state index contributed by atoms with van der Waals surface area (Å²) in [4.78, 5) is 36.5. The fourth-order valence-corrected chi connectivity index (χ4v) is 3.38. The Morgan fingerprint density at radius 2 is 1.47 bits per heavy atom. The average molecular weight is 402 g/mol. The average Bonchev–Trinajstić information content (AvgIpc) is 2.77. The number of carbonyl (C=O) groups is 3. The van der Waals surface area contributed by atoms with Crippen molar-refractivity contribution in [1.29, 1.82) is 0 Å². The number of ketones is 1. The largest absolute Gasteiger partial charge is 0.294 e. The number of Topliss-reactive ketones (excluding diaryl/α,β-unsaturated/α-hetero) is 1. The van der Waals surface area contributed by atoms with E-state index in [2.05, 4.69) is 17.8 Å². The van der Waals surface area contributed by atoms with Gasteiger partial charge in [0.15, 0.2) is 5.78 Å². The van der Waals surface area contributed by atoms with Crippen LogP contribution >= 0.6 is 0 Å². The van der Waals surface area contributed by atoms with Crippen LogP contribution in [0.25, 0.3) is 10.8 Å². The van der Waals surface area contributed by atoms with Gasteiger partial charge in [-0.15, -0.1) is 0 Å². The van der Waals surface area contributed by atoms with E-state index in [0.717, 1.165) is 29.2 Å². The molecule has 154 valence electrons. The lowest BCUT2D eigenvalue weighted by Crippen LogP contribution is -2.42. The van der Waals surface area contributed by atoms with Crippen LogP contribution in [0.15, 0.2) is 66.7 Å². The number of nitrogens with one attached hydrogen (secondary N) is 2. The summed E-state index contributed by atoms with van der Waals surface area (Å²) in [7, 11) is 0. The highest BCUT2D eigenvalue weighted by atomic mass is 16.2. The standard InChI is InChI=1S/C25H26N2O3/c1-2-6-18-11-13-20(14-12-18)23(28)15-16-24(29)26-27-25(30)17-21-9-5-8-19-7-3-4-10-22(19)21/h3-5,7-14H,2,6,15-17H2,1H3,(H,26,29)(H,27,30). The van der Waals surface area contributed by atoms with Crippen LogP contribution in [0.3, 0.4) is 0 Å². The molecule has 3 rings (SSSR count). The Morgan fingerprint density at radius 3 is 2.23 bits per heavy atom. The van der Waals surface area contributed by atoms with Gasteiger partial charge in [-0.3, -0.25) is 25.2 Å². The molecule has 0 fully saturated rings. The number of hydrazine groups is 1. The number of amides is 2. The Morgan fingerprint density at radius 1 is 0.767 bits per heavy atom. The summed E-state index contributed by atoms with van der Waals surface area (Å²) < 4.78 is 0. The van der Waals surface area contributed by atoms with Gasteiger partial charge in [0.2, 0.25) is 11.8 Å². The lowest BCUT2D eigenvalue weighted by molar-refractivity contribution is -0.128. The zero-order chi connectivity index (χ0) is 21.3. The molecular weight excluding hydrogens is 376 g/mol. The minimum atomic E-state index is -0.391. The monoisotopic (exact) mass is 402 g/mol. The van der Waals surface area contributed by atoms with E-state index in [9.17, 15) is 14.4 Å². The van der Waals surface area contributed by atoms with Gasteiger partial charge in [0.1, 0.15) is 0 Å². The van der Waals surface area contributed by atoms with Crippen LogP contribution in [0.2, 0.25) is 0 Å². The summed E-state index contributed by atoms with van der Waals surface area (Å²) in [5.74, 6) is -0.787. The molecule has 0 aromatic heterocycles. The minimum Gasteiger partial charge on any atom is -0.294 e. The molecule has 5 heteroatoms. The molecule has 0 bridgehead atoms. The maximum atomic E-state index is 12.3. The third kappa shape index (κ3) is 5.77. The normalized spacial score (nSPS) is 10.6. The van der Waals surface area contributed by atoms with Crippen molar-refractivity contribution in [3.05, 3.63) is 83.4 Å². The van der Waals surface area contributed by atoms with Crippen molar-refractivity contribution in [2.45, 2.75) is 39.0 Å². The highest BCUT2D eigenvalue weighted by Gasteiger charge is 2.11. The maximum Gasteiger partial charge on any atom is 0.242 e. The van der Waals surface area contributed by atoms with Crippen molar-refractivity contribution in [2.75, 3.05) is 0 Å². The fraction of sp³-hybridized carbons (Fsp3) is 0.240. The molecule has 0 unspecified atom stereocenters. The predicted octanol–water partition coefficient (Wildman–Crippen LogP) is 4.15.